The molecule has 18 heavy (non-hydrogen) atoms. The maximum atomic E-state index is 13.5. The zero-order chi connectivity index (χ0) is 14.3. The Morgan fingerprint density at radius 2 is 1.61 bits per heavy atom. The number of hydrogen-bond donors (Lipinski definition) is 0. The van der Waals surface area contributed by atoms with Gasteiger partial charge in [-0.15, -0.1) is 0 Å². The van der Waals surface area contributed by atoms with Crippen LogP contribution in [0.5, 0.6) is 0 Å². The molecule has 0 radical (unpaired) electrons. The lowest BCUT2D eigenvalue weighted by molar-refractivity contribution is -0.237. The first-order valence-electron chi connectivity index (χ1n) is 3.94. The van der Waals surface area contributed by atoms with Gasteiger partial charge in [0.2, 0.25) is 0 Å². The number of rotatable bonds is 2. The summed E-state index contributed by atoms with van der Waals surface area (Å²) in [6.07, 6.45) is -5.78. The number of alkyl halides is 5. The first-order valence-corrected chi connectivity index (χ1v) is 6.72. The van der Waals surface area contributed by atoms with E-state index in [4.69, 9.17) is 11.6 Å². The lowest BCUT2D eigenvalue weighted by Gasteiger charge is -2.19. The van der Waals surface area contributed by atoms with Gasteiger partial charge in [0.15, 0.2) is 5.82 Å². The van der Waals surface area contributed by atoms with Crippen molar-refractivity contribution in [2.75, 3.05) is 0 Å². The fraction of sp³-hybridized carbons (Fsp3) is 0.250. The Morgan fingerprint density at radius 3 is 2.06 bits per heavy atom. The van der Waals surface area contributed by atoms with Gasteiger partial charge >= 0.3 is 11.4 Å². The summed E-state index contributed by atoms with van der Waals surface area (Å²) in [4.78, 5) is -0.875. The summed E-state index contributed by atoms with van der Waals surface area (Å²) in [7, 11) is 0. The SMILES string of the molecule is Fc1c(SC(F)(F)C(F)(F)F)cc(Br)c(Cl)c1Br. The van der Waals surface area contributed by atoms with Crippen LogP contribution < -0.4 is 0 Å². The van der Waals surface area contributed by atoms with E-state index >= 15 is 0 Å². The second-order valence-corrected chi connectivity index (χ2v) is 6.10. The number of thioether (sulfide) groups is 1. The Kier molecular flexibility index (Phi) is 4.95. The molecule has 0 atom stereocenters. The van der Waals surface area contributed by atoms with Gasteiger partial charge in [-0.25, -0.2) is 4.39 Å². The van der Waals surface area contributed by atoms with Crippen molar-refractivity contribution in [3.8, 4) is 0 Å². The molecule has 10 heteroatoms. The average Bonchev–Trinajstić information content (AvgIpc) is 2.21. The second kappa shape index (κ2) is 5.41. The summed E-state index contributed by atoms with van der Waals surface area (Å²) in [5, 5.41) is -5.26. The molecule has 0 saturated heterocycles. The fourth-order valence-electron chi connectivity index (χ4n) is 0.821. The van der Waals surface area contributed by atoms with Crippen LogP contribution in [-0.4, -0.2) is 11.4 Å². The van der Waals surface area contributed by atoms with Crippen molar-refractivity contribution in [3.63, 3.8) is 0 Å². The molecule has 0 aliphatic heterocycles. The lowest BCUT2D eigenvalue weighted by Crippen LogP contribution is -2.32. The monoisotopic (exact) mass is 436 g/mol. The minimum Gasteiger partial charge on any atom is -0.204 e. The average molecular weight is 438 g/mol. The zero-order valence-corrected chi connectivity index (χ0v) is 12.6. The van der Waals surface area contributed by atoms with E-state index in [-0.39, 0.29) is 14.0 Å². The zero-order valence-electron chi connectivity index (χ0n) is 7.89. The Morgan fingerprint density at radius 1 is 1.11 bits per heavy atom. The van der Waals surface area contributed by atoms with Crippen LogP contribution in [0.2, 0.25) is 5.02 Å². The van der Waals surface area contributed by atoms with Gasteiger partial charge in [0.05, 0.1) is 14.4 Å². The third-order valence-corrected chi connectivity index (χ3v) is 4.86. The van der Waals surface area contributed by atoms with Gasteiger partial charge in [0.1, 0.15) is 0 Å². The van der Waals surface area contributed by atoms with E-state index in [0.29, 0.717) is 0 Å². The van der Waals surface area contributed by atoms with Crippen molar-refractivity contribution < 1.29 is 26.3 Å². The van der Waals surface area contributed by atoms with E-state index in [9.17, 15) is 26.3 Å². The van der Waals surface area contributed by atoms with Crippen molar-refractivity contribution in [3.05, 3.63) is 25.9 Å². The summed E-state index contributed by atoms with van der Waals surface area (Å²) in [5.41, 5.74) is 0. The summed E-state index contributed by atoms with van der Waals surface area (Å²) in [6.45, 7) is 0. The molecule has 0 aromatic heterocycles. The van der Waals surface area contributed by atoms with Crippen LogP contribution in [0.15, 0.2) is 19.9 Å². The predicted octanol–water partition coefficient (Wildman–Crippen LogP) is 6.25. The van der Waals surface area contributed by atoms with Gasteiger partial charge in [-0.1, -0.05) is 11.6 Å². The van der Waals surface area contributed by atoms with Crippen LogP contribution in [0.25, 0.3) is 0 Å². The molecule has 0 spiro atoms. The van der Waals surface area contributed by atoms with E-state index in [0.717, 1.165) is 6.07 Å². The van der Waals surface area contributed by atoms with Gasteiger partial charge < -0.3 is 0 Å². The normalized spacial score (nSPS) is 12.9. The second-order valence-electron chi connectivity index (χ2n) is 2.92. The van der Waals surface area contributed by atoms with Crippen molar-refractivity contribution in [2.45, 2.75) is 16.3 Å². The van der Waals surface area contributed by atoms with Crippen LogP contribution in [-0.2, 0) is 0 Å². The first-order chi connectivity index (χ1) is 7.97. The Hall–Kier alpha value is 0.400. The Balaban J connectivity index is 3.22. The highest BCUT2D eigenvalue weighted by Gasteiger charge is 2.58. The molecular formula is C8HBr2ClF6S. The number of benzene rings is 1. The molecule has 102 valence electrons. The highest BCUT2D eigenvalue weighted by Crippen LogP contribution is 2.50. The molecule has 0 N–H and O–H groups in total. The van der Waals surface area contributed by atoms with Crippen LogP contribution in [0, 0.1) is 5.82 Å². The van der Waals surface area contributed by atoms with Gasteiger partial charge in [-0.3, -0.25) is 0 Å². The fourth-order valence-corrected chi connectivity index (χ4v) is 3.12. The van der Waals surface area contributed by atoms with Crippen molar-refractivity contribution >= 4 is 55.2 Å². The Bertz CT molecular complexity index is 476. The third-order valence-electron chi connectivity index (χ3n) is 1.64. The maximum absolute atomic E-state index is 13.5. The van der Waals surface area contributed by atoms with Crippen molar-refractivity contribution in [1.82, 2.24) is 0 Å². The van der Waals surface area contributed by atoms with E-state index in [2.05, 4.69) is 31.9 Å². The highest BCUT2D eigenvalue weighted by atomic mass is 79.9. The largest absolute Gasteiger partial charge is 0.464 e. The summed E-state index contributed by atoms with van der Waals surface area (Å²) in [5.74, 6) is -1.28. The van der Waals surface area contributed by atoms with Gasteiger partial charge in [0.25, 0.3) is 0 Å². The molecule has 0 heterocycles. The van der Waals surface area contributed by atoms with Gasteiger partial charge in [0, 0.05) is 4.47 Å². The Labute approximate surface area is 123 Å². The quantitative estimate of drug-likeness (QED) is 0.228. The van der Waals surface area contributed by atoms with Crippen LogP contribution in [0.1, 0.15) is 0 Å². The van der Waals surface area contributed by atoms with Crippen LogP contribution in [0.4, 0.5) is 26.3 Å². The molecule has 0 unspecified atom stereocenters. The summed E-state index contributed by atoms with van der Waals surface area (Å²) in [6, 6.07) is 0.757. The minimum atomic E-state index is -5.78. The molecule has 0 bridgehead atoms. The van der Waals surface area contributed by atoms with Crippen molar-refractivity contribution in [1.29, 1.82) is 0 Å². The van der Waals surface area contributed by atoms with Gasteiger partial charge in [-0.2, -0.15) is 22.0 Å². The number of hydrogen-bond acceptors (Lipinski definition) is 1. The lowest BCUT2D eigenvalue weighted by atomic mass is 10.3. The van der Waals surface area contributed by atoms with Crippen LogP contribution >= 0.6 is 55.2 Å². The smallest absolute Gasteiger partial charge is 0.204 e. The van der Waals surface area contributed by atoms with Gasteiger partial charge in [-0.05, 0) is 49.7 Å². The standard InChI is InChI=1S/C8HBr2ClF6S/c9-2-1-3(6(12)4(10)5(2)11)18-8(16,17)7(13,14)15/h1H. The molecule has 0 saturated carbocycles. The third kappa shape index (κ3) is 3.29. The highest BCUT2D eigenvalue weighted by molar-refractivity contribution is 9.11. The molecule has 0 amide bonds. The molecule has 1 aromatic carbocycles. The molecule has 0 aliphatic carbocycles. The molecule has 1 rings (SSSR count). The van der Waals surface area contributed by atoms with Crippen molar-refractivity contribution in [2.24, 2.45) is 0 Å². The summed E-state index contributed by atoms with van der Waals surface area (Å²) >= 11 is 10.1. The topological polar surface area (TPSA) is 0 Å². The van der Waals surface area contributed by atoms with E-state index < -0.39 is 33.9 Å². The van der Waals surface area contributed by atoms with E-state index in [1.54, 1.807) is 0 Å². The van der Waals surface area contributed by atoms with E-state index in [1.807, 2.05) is 0 Å². The number of halogens is 9. The van der Waals surface area contributed by atoms with E-state index in [1.165, 1.54) is 0 Å². The molecule has 0 fully saturated rings. The first kappa shape index (κ1) is 16.5. The summed E-state index contributed by atoms with van der Waals surface area (Å²) < 4.78 is 74.6. The molecule has 1 aromatic rings. The molecule has 0 nitrogen and oxygen atoms in total. The minimum absolute atomic E-state index is 0.00193. The molecular weight excluding hydrogens is 437 g/mol. The molecule has 0 aliphatic rings. The van der Waals surface area contributed by atoms with Crippen LogP contribution in [0.3, 0.4) is 0 Å². The predicted molar refractivity (Wildman–Crippen MR) is 63.7 cm³/mol. The maximum Gasteiger partial charge on any atom is 0.464 e.